The molecule has 3 aromatic heterocycles. The minimum atomic E-state index is -0.0706. The molecule has 5 rings (SSSR count). The number of anilines is 1. The van der Waals surface area contributed by atoms with Crippen LogP contribution in [-0.2, 0) is 24.1 Å². The van der Waals surface area contributed by atoms with Gasteiger partial charge in [0, 0.05) is 16.8 Å². The lowest BCUT2D eigenvalue weighted by molar-refractivity contribution is -0.113. The van der Waals surface area contributed by atoms with Crippen LogP contribution in [0.5, 0.6) is 5.75 Å². The highest BCUT2D eigenvalue weighted by Gasteiger charge is 2.23. The van der Waals surface area contributed by atoms with E-state index >= 15 is 0 Å². The maximum absolute atomic E-state index is 12.5. The number of thiophene rings is 1. The summed E-state index contributed by atoms with van der Waals surface area (Å²) >= 11 is 3.11. The molecule has 0 saturated heterocycles. The summed E-state index contributed by atoms with van der Waals surface area (Å²) in [6.45, 7) is 2.21. The van der Waals surface area contributed by atoms with Gasteiger partial charge in [-0.2, -0.15) is 0 Å². The first-order chi connectivity index (χ1) is 16.2. The first-order valence-corrected chi connectivity index (χ1v) is 13.1. The van der Waals surface area contributed by atoms with Crippen LogP contribution >= 0.6 is 23.1 Å². The zero-order valence-electron chi connectivity index (χ0n) is 18.8. The van der Waals surface area contributed by atoms with Gasteiger partial charge in [0.15, 0.2) is 0 Å². The van der Waals surface area contributed by atoms with Gasteiger partial charge in [-0.25, -0.2) is 15.0 Å². The van der Waals surface area contributed by atoms with Gasteiger partial charge < -0.3 is 10.1 Å². The number of carbonyl (C=O) groups is 1. The summed E-state index contributed by atoms with van der Waals surface area (Å²) in [5.74, 6) is 0.964. The molecular weight excluding hydrogens is 452 g/mol. The van der Waals surface area contributed by atoms with Crippen molar-refractivity contribution in [2.75, 3.05) is 18.2 Å². The smallest absolute Gasteiger partial charge is 0.234 e. The molecule has 6 nitrogen and oxygen atoms in total. The molecule has 33 heavy (non-hydrogen) atoms. The summed E-state index contributed by atoms with van der Waals surface area (Å²) in [5.41, 5.74) is 5.87. The second-order valence-electron chi connectivity index (χ2n) is 8.18. The van der Waals surface area contributed by atoms with Gasteiger partial charge in [-0.3, -0.25) is 4.79 Å². The Balaban J connectivity index is 1.43. The third-order valence-corrected chi connectivity index (χ3v) is 8.17. The van der Waals surface area contributed by atoms with E-state index < -0.39 is 0 Å². The number of nitrogens with one attached hydrogen (secondary N) is 1. The quantitative estimate of drug-likeness (QED) is 0.267. The molecular formula is C25H26N4O2S2. The van der Waals surface area contributed by atoms with Gasteiger partial charge in [0.05, 0.1) is 23.1 Å². The second kappa shape index (κ2) is 9.65. The molecule has 1 N–H and O–H groups in total. The second-order valence-corrected chi connectivity index (χ2v) is 10.1. The predicted octanol–water partition coefficient (Wildman–Crippen LogP) is 5.81. The Morgan fingerprint density at radius 1 is 1.15 bits per heavy atom. The van der Waals surface area contributed by atoms with E-state index in [1.807, 2.05) is 24.3 Å². The number of thioether (sulfide) groups is 1. The molecule has 170 valence electrons. The van der Waals surface area contributed by atoms with Gasteiger partial charge in [-0.15, -0.1) is 11.3 Å². The number of amides is 1. The summed E-state index contributed by atoms with van der Waals surface area (Å²) < 4.78 is 6.20. The van der Waals surface area contributed by atoms with E-state index in [-0.39, 0.29) is 11.7 Å². The molecule has 0 unspecified atom stereocenters. The largest absolute Gasteiger partial charge is 0.497 e. The normalized spacial score (nSPS) is 13.3. The highest BCUT2D eigenvalue weighted by molar-refractivity contribution is 8.00. The first kappa shape index (κ1) is 22.1. The average molecular weight is 479 g/mol. The number of aryl methyl sites for hydroxylation is 2. The lowest BCUT2D eigenvalue weighted by Crippen LogP contribution is -2.14. The molecule has 3 heterocycles. The van der Waals surface area contributed by atoms with Crippen LogP contribution in [0.2, 0.25) is 0 Å². The number of nitrogens with zero attached hydrogens (tertiary/aromatic N) is 3. The fourth-order valence-electron chi connectivity index (χ4n) is 4.47. The lowest BCUT2D eigenvalue weighted by Gasteiger charge is -2.19. The van der Waals surface area contributed by atoms with E-state index in [1.165, 1.54) is 46.8 Å². The zero-order valence-corrected chi connectivity index (χ0v) is 20.4. The van der Waals surface area contributed by atoms with Crippen LogP contribution in [0, 0.1) is 0 Å². The van der Waals surface area contributed by atoms with E-state index in [0.29, 0.717) is 0 Å². The Bertz CT molecular complexity index is 1320. The van der Waals surface area contributed by atoms with E-state index in [1.54, 1.807) is 24.8 Å². The molecule has 4 aromatic rings. The number of benzene rings is 1. The number of methoxy groups -OCH3 is 1. The van der Waals surface area contributed by atoms with Crippen molar-refractivity contribution in [2.45, 2.75) is 50.5 Å². The maximum Gasteiger partial charge on any atom is 0.234 e. The summed E-state index contributed by atoms with van der Waals surface area (Å²) in [5, 5.41) is 4.98. The molecule has 0 spiro atoms. The number of pyridine rings is 1. The molecule has 1 amide bonds. The highest BCUT2D eigenvalue weighted by Crippen LogP contribution is 2.41. The number of fused-ring (bicyclic) bond motifs is 5. The van der Waals surface area contributed by atoms with E-state index in [9.17, 15) is 4.79 Å². The van der Waals surface area contributed by atoms with Crippen molar-refractivity contribution in [3.05, 3.63) is 47.4 Å². The average Bonchev–Trinajstić information content (AvgIpc) is 3.23. The van der Waals surface area contributed by atoms with Crippen molar-refractivity contribution in [1.82, 2.24) is 15.0 Å². The van der Waals surface area contributed by atoms with Gasteiger partial charge in [-0.05, 0) is 67.5 Å². The van der Waals surface area contributed by atoms with Crippen molar-refractivity contribution >= 4 is 55.1 Å². The van der Waals surface area contributed by atoms with E-state index in [2.05, 4.69) is 22.2 Å². The van der Waals surface area contributed by atoms with Gasteiger partial charge in [-0.1, -0.05) is 25.1 Å². The van der Waals surface area contributed by atoms with Crippen LogP contribution in [0.15, 0.2) is 35.6 Å². The van der Waals surface area contributed by atoms with Crippen molar-refractivity contribution in [3.63, 3.8) is 0 Å². The summed E-state index contributed by atoms with van der Waals surface area (Å²) in [4.78, 5) is 27.8. The van der Waals surface area contributed by atoms with Crippen LogP contribution in [0.3, 0.4) is 0 Å². The Hall–Kier alpha value is -2.71. The molecule has 8 heteroatoms. The number of ether oxygens (including phenoxy) is 1. The third kappa shape index (κ3) is 4.42. The molecule has 0 fully saturated rings. The Morgan fingerprint density at radius 3 is 2.70 bits per heavy atom. The summed E-state index contributed by atoms with van der Waals surface area (Å²) in [6.07, 6.45) is 8.39. The SMILES string of the molecule is CCCc1nc2sc3c(SCC(=O)Nc4ccc(OC)cc4)ncnc3c2c2c1CCCC2. The summed E-state index contributed by atoms with van der Waals surface area (Å²) in [7, 11) is 1.62. The zero-order chi connectivity index (χ0) is 22.8. The lowest BCUT2D eigenvalue weighted by atomic mass is 9.88. The Morgan fingerprint density at radius 2 is 1.94 bits per heavy atom. The van der Waals surface area contributed by atoms with Crippen LogP contribution in [0.1, 0.15) is 43.0 Å². The molecule has 1 aromatic carbocycles. The van der Waals surface area contributed by atoms with E-state index in [4.69, 9.17) is 9.72 Å². The molecule has 0 saturated carbocycles. The summed E-state index contributed by atoms with van der Waals surface area (Å²) in [6, 6.07) is 7.32. The maximum atomic E-state index is 12.5. The Labute approximate surface area is 201 Å². The van der Waals surface area contributed by atoms with Crippen molar-refractivity contribution < 1.29 is 9.53 Å². The van der Waals surface area contributed by atoms with Gasteiger partial charge >= 0.3 is 0 Å². The molecule has 0 bridgehead atoms. The molecule has 1 aliphatic carbocycles. The number of aromatic nitrogens is 3. The van der Waals surface area contributed by atoms with Crippen LogP contribution in [0.4, 0.5) is 5.69 Å². The monoisotopic (exact) mass is 478 g/mol. The third-order valence-electron chi connectivity index (χ3n) is 5.98. The van der Waals surface area contributed by atoms with Gasteiger partial charge in [0.2, 0.25) is 5.91 Å². The fourth-order valence-corrected chi connectivity index (χ4v) is 6.52. The highest BCUT2D eigenvalue weighted by atomic mass is 32.2. The van der Waals surface area contributed by atoms with Gasteiger partial charge in [0.1, 0.15) is 21.9 Å². The number of carbonyl (C=O) groups excluding carboxylic acids is 1. The fraction of sp³-hybridized carbons (Fsp3) is 0.360. The minimum Gasteiger partial charge on any atom is -0.497 e. The van der Waals surface area contributed by atoms with Crippen molar-refractivity contribution in [3.8, 4) is 5.75 Å². The molecule has 0 atom stereocenters. The molecule has 1 aliphatic rings. The number of hydrogen-bond acceptors (Lipinski definition) is 7. The van der Waals surface area contributed by atoms with Crippen molar-refractivity contribution in [1.29, 1.82) is 0 Å². The van der Waals surface area contributed by atoms with Crippen LogP contribution in [0.25, 0.3) is 20.4 Å². The number of hydrogen-bond donors (Lipinski definition) is 1. The predicted molar refractivity (Wildman–Crippen MR) is 136 cm³/mol. The minimum absolute atomic E-state index is 0.0706. The van der Waals surface area contributed by atoms with E-state index in [0.717, 1.165) is 57.2 Å². The van der Waals surface area contributed by atoms with Gasteiger partial charge in [0.25, 0.3) is 0 Å². The van der Waals surface area contributed by atoms with Crippen LogP contribution in [-0.4, -0.2) is 33.7 Å². The molecule has 0 radical (unpaired) electrons. The van der Waals surface area contributed by atoms with Crippen LogP contribution < -0.4 is 10.1 Å². The standard InChI is InChI=1S/C25H26N4O2S2/c1-3-6-19-17-7-4-5-8-18(17)21-22-23(33-24(21)29-19)25(27-14-26-22)32-13-20(30)28-15-9-11-16(31-2)12-10-15/h9-12,14H,3-8,13H2,1-2H3,(H,28,30). The first-order valence-electron chi connectivity index (χ1n) is 11.3. The Kier molecular flexibility index (Phi) is 6.46. The van der Waals surface area contributed by atoms with Crippen molar-refractivity contribution in [2.24, 2.45) is 0 Å². The molecule has 0 aliphatic heterocycles. The number of rotatable bonds is 7. The topological polar surface area (TPSA) is 77.0 Å².